The van der Waals surface area contributed by atoms with Gasteiger partial charge in [0, 0.05) is 25.2 Å². The van der Waals surface area contributed by atoms with Crippen LogP contribution in [-0.4, -0.2) is 30.2 Å². The van der Waals surface area contributed by atoms with Gasteiger partial charge in [0.15, 0.2) is 0 Å². The average molecular weight is 190 g/mol. The molecular weight excluding hydrogens is 176 g/mol. The molecule has 0 spiro atoms. The van der Waals surface area contributed by atoms with E-state index in [2.05, 4.69) is 21.3 Å². The molecule has 0 unspecified atom stereocenters. The Balaban J connectivity index is 1.86. The van der Waals surface area contributed by atoms with Crippen LogP contribution in [0.5, 0.6) is 0 Å². The minimum atomic E-state index is 0.594. The lowest BCUT2D eigenvalue weighted by atomic mass is 10.2. The first kappa shape index (κ1) is 8.05. The third-order valence-corrected chi connectivity index (χ3v) is 3.16. The molecule has 3 N–H and O–H groups in total. The van der Waals surface area contributed by atoms with Crippen LogP contribution in [0, 0.1) is 0 Å². The molecule has 2 atom stereocenters. The van der Waals surface area contributed by atoms with Gasteiger partial charge in [-0.1, -0.05) is 0 Å². The first-order valence-electron chi connectivity index (χ1n) is 5.04. The number of hydrogen-bond donors (Lipinski definition) is 2. The summed E-state index contributed by atoms with van der Waals surface area (Å²) in [5, 5.41) is 3.48. The highest BCUT2D eigenvalue weighted by molar-refractivity contribution is 5.51. The number of piperazine rings is 1. The number of pyridine rings is 1. The first-order chi connectivity index (χ1) is 6.83. The highest BCUT2D eigenvalue weighted by atomic mass is 15.3. The molecule has 2 aliphatic rings. The number of nitrogen functional groups attached to an aromatic ring is 1. The standard InChI is InChI=1S/C10H14N4/c11-10-2-1-8(4-13-10)14-6-7-3-9(14)5-12-7/h1-2,4,7,9,12H,3,5-6H2,(H2,11,13)/t7-,9-/m0/s1. The van der Waals surface area contributed by atoms with Crippen LogP contribution in [0.3, 0.4) is 0 Å². The molecule has 1 aromatic heterocycles. The Bertz CT molecular complexity index is 334. The SMILES string of the molecule is Nc1ccc(N2C[C@@H]3C[C@H]2CN3)cn1. The summed E-state index contributed by atoms with van der Waals surface area (Å²) in [4.78, 5) is 6.55. The fraction of sp³-hybridized carbons (Fsp3) is 0.500. The van der Waals surface area contributed by atoms with Crippen LogP contribution in [0.25, 0.3) is 0 Å². The van der Waals surface area contributed by atoms with Crippen LogP contribution in [-0.2, 0) is 0 Å². The second-order valence-corrected chi connectivity index (χ2v) is 4.09. The molecule has 0 aliphatic carbocycles. The number of nitrogens with one attached hydrogen (secondary N) is 1. The molecular formula is C10H14N4. The molecule has 0 saturated carbocycles. The van der Waals surface area contributed by atoms with Gasteiger partial charge in [0.05, 0.1) is 11.9 Å². The van der Waals surface area contributed by atoms with Crippen LogP contribution >= 0.6 is 0 Å². The molecule has 0 aromatic carbocycles. The number of anilines is 2. The monoisotopic (exact) mass is 190 g/mol. The molecule has 14 heavy (non-hydrogen) atoms. The van der Waals surface area contributed by atoms with E-state index in [4.69, 9.17) is 5.73 Å². The van der Waals surface area contributed by atoms with Gasteiger partial charge in [0.25, 0.3) is 0 Å². The van der Waals surface area contributed by atoms with E-state index in [1.54, 1.807) is 0 Å². The molecule has 4 nitrogen and oxygen atoms in total. The van der Waals surface area contributed by atoms with Gasteiger partial charge in [-0.05, 0) is 18.6 Å². The van der Waals surface area contributed by atoms with E-state index in [9.17, 15) is 0 Å². The highest BCUT2D eigenvalue weighted by Crippen LogP contribution is 2.28. The molecule has 3 rings (SSSR count). The van der Waals surface area contributed by atoms with Crippen molar-refractivity contribution in [3.05, 3.63) is 18.3 Å². The Kier molecular flexibility index (Phi) is 1.64. The zero-order valence-electron chi connectivity index (χ0n) is 7.98. The fourth-order valence-electron chi connectivity index (χ4n) is 2.44. The van der Waals surface area contributed by atoms with E-state index in [1.165, 1.54) is 12.1 Å². The predicted molar refractivity (Wildman–Crippen MR) is 56.2 cm³/mol. The van der Waals surface area contributed by atoms with Crippen molar-refractivity contribution in [3.63, 3.8) is 0 Å². The van der Waals surface area contributed by atoms with Gasteiger partial charge >= 0.3 is 0 Å². The Morgan fingerprint density at radius 3 is 3.00 bits per heavy atom. The summed E-state index contributed by atoms with van der Waals surface area (Å²) in [7, 11) is 0. The molecule has 2 saturated heterocycles. The predicted octanol–water partition coefficient (Wildman–Crippen LogP) is 0.214. The van der Waals surface area contributed by atoms with Gasteiger partial charge in [-0.2, -0.15) is 0 Å². The van der Waals surface area contributed by atoms with Crippen molar-refractivity contribution in [1.29, 1.82) is 0 Å². The molecule has 74 valence electrons. The number of nitrogens with zero attached hydrogens (tertiary/aromatic N) is 2. The number of rotatable bonds is 1. The summed E-state index contributed by atoms with van der Waals surface area (Å²) >= 11 is 0. The summed E-state index contributed by atoms with van der Waals surface area (Å²) < 4.78 is 0. The minimum absolute atomic E-state index is 0.594. The Labute approximate surface area is 83.1 Å². The smallest absolute Gasteiger partial charge is 0.123 e. The van der Waals surface area contributed by atoms with E-state index in [1.807, 2.05) is 12.3 Å². The summed E-state index contributed by atoms with van der Waals surface area (Å²) in [6, 6.07) is 5.26. The van der Waals surface area contributed by atoms with Crippen molar-refractivity contribution in [2.24, 2.45) is 0 Å². The second-order valence-electron chi connectivity index (χ2n) is 4.09. The van der Waals surface area contributed by atoms with Crippen LogP contribution in [0.15, 0.2) is 18.3 Å². The highest BCUT2D eigenvalue weighted by Gasteiger charge is 2.37. The van der Waals surface area contributed by atoms with Crippen LogP contribution in [0.1, 0.15) is 6.42 Å². The van der Waals surface area contributed by atoms with E-state index < -0.39 is 0 Å². The zero-order chi connectivity index (χ0) is 9.54. The third kappa shape index (κ3) is 1.14. The van der Waals surface area contributed by atoms with Gasteiger partial charge in [0.1, 0.15) is 5.82 Å². The maximum atomic E-state index is 5.56. The quantitative estimate of drug-likeness (QED) is 0.665. The largest absolute Gasteiger partial charge is 0.384 e. The van der Waals surface area contributed by atoms with Gasteiger partial charge in [-0.3, -0.25) is 0 Å². The van der Waals surface area contributed by atoms with Crippen molar-refractivity contribution < 1.29 is 0 Å². The molecule has 2 bridgehead atoms. The number of nitrogens with two attached hydrogens (primary N) is 1. The van der Waals surface area contributed by atoms with Crippen molar-refractivity contribution in [2.45, 2.75) is 18.5 Å². The molecule has 0 amide bonds. The van der Waals surface area contributed by atoms with E-state index >= 15 is 0 Å². The van der Waals surface area contributed by atoms with Gasteiger partial charge < -0.3 is 16.0 Å². The van der Waals surface area contributed by atoms with E-state index in [-0.39, 0.29) is 0 Å². The zero-order valence-corrected chi connectivity index (χ0v) is 7.98. The molecule has 1 aromatic rings. The van der Waals surface area contributed by atoms with Crippen molar-refractivity contribution in [1.82, 2.24) is 10.3 Å². The van der Waals surface area contributed by atoms with Crippen molar-refractivity contribution in [2.75, 3.05) is 23.7 Å². The second kappa shape index (κ2) is 2.85. The fourth-order valence-corrected chi connectivity index (χ4v) is 2.44. The average Bonchev–Trinajstić information content (AvgIpc) is 2.80. The molecule has 4 heteroatoms. The minimum Gasteiger partial charge on any atom is -0.384 e. The number of fused-ring (bicyclic) bond motifs is 2. The van der Waals surface area contributed by atoms with Crippen LogP contribution < -0.4 is 16.0 Å². The van der Waals surface area contributed by atoms with E-state index in [0.29, 0.717) is 17.9 Å². The Morgan fingerprint density at radius 2 is 2.43 bits per heavy atom. The van der Waals surface area contributed by atoms with Crippen molar-refractivity contribution >= 4 is 11.5 Å². The molecule has 0 radical (unpaired) electrons. The normalized spacial score (nSPS) is 29.9. The topological polar surface area (TPSA) is 54.2 Å². The summed E-state index contributed by atoms with van der Waals surface area (Å²) in [6.45, 7) is 2.21. The third-order valence-electron chi connectivity index (χ3n) is 3.16. The van der Waals surface area contributed by atoms with E-state index in [0.717, 1.165) is 13.1 Å². The first-order valence-corrected chi connectivity index (χ1v) is 5.04. The molecule has 2 fully saturated rings. The lowest BCUT2D eigenvalue weighted by Gasteiger charge is -2.29. The van der Waals surface area contributed by atoms with Gasteiger partial charge in [-0.25, -0.2) is 4.98 Å². The molecule has 3 heterocycles. The maximum absolute atomic E-state index is 5.56. The molecule has 2 aliphatic heterocycles. The van der Waals surface area contributed by atoms with Crippen LogP contribution in [0.2, 0.25) is 0 Å². The lowest BCUT2D eigenvalue weighted by molar-refractivity contribution is 0.580. The summed E-state index contributed by atoms with van der Waals surface area (Å²) in [6.07, 6.45) is 3.14. The van der Waals surface area contributed by atoms with Gasteiger partial charge in [-0.15, -0.1) is 0 Å². The maximum Gasteiger partial charge on any atom is 0.123 e. The lowest BCUT2D eigenvalue weighted by Crippen LogP contribution is -2.43. The summed E-state index contributed by atoms with van der Waals surface area (Å²) in [5.41, 5.74) is 6.76. The Morgan fingerprint density at radius 1 is 1.50 bits per heavy atom. The van der Waals surface area contributed by atoms with Crippen LogP contribution in [0.4, 0.5) is 11.5 Å². The number of hydrogen-bond acceptors (Lipinski definition) is 4. The van der Waals surface area contributed by atoms with Crippen molar-refractivity contribution in [3.8, 4) is 0 Å². The number of aromatic nitrogens is 1. The van der Waals surface area contributed by atoms with Gasteiger partial charge in [0.2, 0.25) is 0 Å². The summed E-state index contributed by atoms with van der Waals surface area (Å²) in [5.74, 6) is 0.594. The Hall–Kier alpha value is -1.29.